The molecule has 18 heavy (non-hydrogen) atoms. The van der Waals surface area contributed by atoms with Crippen molar-refractivity contribution in [1.82, 2.24) is 9.88 Å². The summed E-state index contributed by atoms with van der Waals surface area (Å²) in [5, 5.41) is 9.00. The molecule has 0 aromatic carbocycles. The summed E-state index contributed by atoms with van der Waals surface area (Å²) < 4.78 is 22.6. The first-order chi connectivity index (χ1) is 8.48. The maximum Gasteiger partial charge on any atom is 0.354 e. The number of hydrogen-bond donors (Lipinski definition) is 1. The van der Waals surface area contributed by atoms with Gasteiger partial charge in [0.05, 0.1) is 11.5 Å². The van der Waals surface area contributed by atoms with Crippen molar-refractivity contribution in [2.24, 2.45) is 0 Å². The van der Waals surface area contributed by atoms with Gasteiger partial charge in [0, 0.05) is 25.8 Å². The van der Waals surface area contributed by atoms with Crippen molar-refractivity contribution in [2.45, 2.75) is 6.54 Å². The average Bonchev–Trinajstić information content (AvgIpc) is 2.32. The van der Waals surface area contributed by atoms with Crippen LogP contribution in [0.25, 0.3) is 0 Å². The number of carboxylic acids is 1. The van der Waals surface area contributed by atoms with Crippen molar-refractivity contribution in [3.05, 3.63) is 29.6 Å². The summed E-state index contributed by atoms with van der Waals surface area (Å²) in [7, 11) is -2.91. The average molecular weight is 270 g/mol. The molecular weight excluding hydrogens is 256 g/mol. The van der Waals surface area contributed by atoms with E-state index in [4.69, 9.17) is 5.11 Å². The highest BCUT2D eigenvalue weighted by Gasteiger charge is 2.23. The smallest absolute Gasteiger partial charge is 0.354 e. The van der Waals surface area contributed by atoms with Crippen LogP contribution in [0.5, 0.6) is 0 Å². The second kappa shape index (κ2) is 5.03. The predicted octanol–water partition coefficient (Wildman–Crippen LogP) is 0.0102. The van der Waals surface area contributed by atoms with E-state index in [1.54, 1.807) is 12.1 Å². The molecule has 1 N–H and O–H groups in total. The molecule has 98 valence electrons. The Morgan fingerprint density at radius 1 is 1.39 bits per heavy atom. The lowest BCUT2D eigenvalue weighted by Gasteiger charge is -2.26. The van der Waals surface area contributed by atoms with Crippen molar-refractivity contribution < 1.29 is 18.3 Å². The molecular formula is C11H14N2O4S. The zero-order valence-electron chi connectivity index (χ0n) is 9.74. The maximum absolute atomic E-state index is 11.3. The monoisotopic (exact) mass is 270 g/mol. The van der Waals surface area contributed by atoms with Gasteiger partial charge in [0.25, 0.3) is 0 Å². The van der Waals surface area contributed by atoms with Gasteiger partial charge in [0.15, 0.2) is 15.5 Å². The Bertz CT molecular complexity index is 542. The van der Waals surface area contributed by atoms with Crippen LogP contribution in [0.2, 0.25) is 0 Å². The van der Waals surface area contributed by atoms with Gasteiger partial charge in [0.1, 0.15) is 0 Å². The lowest BCUT2D eigenvalue weighted by Crippen LogP contribution is -2.40. The first-order valence-corrected chi connectivity index (χ1v) is 7.40. The summed E-state index contributed by atoms with van der Waals surface area (Å²) in [6.45, 7) is 1.30. The summed E-state index contributed by atoms with van der Waals surface area (Å²) in [5.41, 5.74) is 0.648. The Morgan fingerprint density at radius 3 is 2.67 bits per heavy atom. The number of rotatable bonds is 3. The largest absolute Gasteiger partial charge is 0.477 e. The lowest BCUT2D eigenvalue weighted by atomic mass is 10.2. The van der Waals surface area contributed by atoms with Crippen LogP contribution in [0.1, 0.15) is 16.1 Å². The van der Waals surface area contributed by atoms with Gasteiger partial charge < -0.3 is 5.11 Å². The zero-order valence-corrected chi connectivity index (χ0v) is 10.6. The molecule has 0 aliphatic carbocycles. The van der Waals surface area contributed by atoms with E-state index in [2.05, 4.69) is 4.98 Å². The molecule has 1 aliphatic heterocycles. The molecule has 0 atom stereocenters. The van der Waals surface area contributed by atoms with Gasteiger partial charge >= 0.3 is 5.97 Å². The maximum atomic E-state index is 11.3. The van der Waals surface area contributed by atoms with Crippen LogP contribution >= 0.6 is 0 Å². The van der Waals surface area contributed by atoms with Crippen molar-refractivity contribution in [2.75, 3.05) is 24.6 Å². The minimum atomic E-state index is -2.91. The number of aromatic carboxylic acids is 1. The fourth-order valence-electron chi connectivity index (χ4n) is 1.91. The van der Waals surface area contributed by atoms with Gasteiger partial charge in [-0.05, 0) is 11.6 Å². The zero-order chi connectivity index (χ0) is 13.2. The normalized spacial score (nSPS) is 19.6. The van der Waals surface area contributed by atoms with Crippen molar-refractivity contribution in [3.8, 4) is 0 Å². The third-order valence-electron chi connectivity index (χ3n) is 2.92. The quantitative estimate of drug-likeness (QED) is 0.832. The van der Waals surface area contributed by atoms with Crippen molar-refractivity contribution >= 4 is 15.8 Å². The standard InChI is InChI=1S/C11H14N2O4S/c14-11(15)10-9(2-1-3-12-10)8-13-4-6-18(16,17)7-5-13/h1-3H,4-8H2,(H,14,15). The predicted molar refractivity (Wildman–Crippen MR) is 65.1 cm³/mol. The topological polar surface area (TPSA) is 87.6 Å². The second-order valence-corrected chi connectivity index (χ2v) is 6.55. The highest BCUT2D eigenvalue weighted by molar-refractivity contribution is 7.91. The molecule has 1 aromatic heterocycles. The van der Waals surface area contributed by atoms with Gasteiger partial charge in [-0.25, -0.2) is 18.2 Å². The number of aromatic nitrogens is 1. The number of pyridine rings is 1. The molecule has 0 radical (unpaired) electrons. The molecule has 0 saturated carbocycles. The third kappa shape index (κ3) is 3.05. The Hall–Kier alpha value is -1.47. The molecule has 2 rings (SSSR count). The highest BCUT2D eigenvalue weighted by atomic mass is 32.2. The fraction of sp³-hybridized carbons (Fsp3) is 0.455. The van der Waals surface area contributed by atoms with Crippen LogP contribution in [0.15, 0.2) is 18.3 Å². The fourth-order valence-corrected chi connectivity index (χ4v) is 3.18. The van der Waals surface area contributed by atoms with Gasteiger partial charge in [-0.2, -0.15) is 0 Å². The van der Waals surface area contributed by atoms with Crippen LogP contribution in [-0.2, 0) is 16.4 Å². The second-order valence-electron chi connectivity index (χ2n) is 4.24. The molecule has 0 bridgehead atoms. The van der Waals surface area contributed by atoms with E-state index in [0.717, 1.165) is 0 Å². The van der Waals surface area contributed by atoms with Crippen LogP contribution in [0.3, 0.4) is 0 Å². The molecule has 1 saturated heterocycles. The van der Waals surface area contributed by atoms with Crippen LogP contribution in [0, 0.1) is 0 Å². The molecule has 6 nitrogen and oxygen atoms in total. The Morgan fingerprint density at radius 2 is 2.06 bits per heavy atom. The van der Waals surface area contributed by atoms with Crippen molar-refractivity contribution in [3.63, 3.8) is 0 Å². The van der Waals surface area contributed by atoms with E-state index < -0.39 is 15.8 Å². The first-order valence-electron chi connectivity index (χ1n) is 5.58. The SMILES string of the molecule is O=C(O)c1ncccc1CN1CCS(=O)(=O)CC1. The Balaban J connectivity index is 2.09. The van der Waals surface area contributed by atoms with Gasteiger partial charge in [-0.1, -0.05) is 6.07 Å². The van der Waals surface area contributed by atoms with Crippen LogP contribution < -0.4 is 0 Å². The molecule has 0 amide bonds. The van der Waals surface area contributed by atoms with E-state index in [0.29, 0.717) is 25.2 Å². The number of nitrogens with zero attached hydrogens (tertiary/aromatic N) is 2. The first kappa shape index (κ1) is 13.0. The van der Waals surface area contributed by atoms with Gasteiger partial charge in [-0.3, -0.25) is 4.90 Å². The van der Waals surface area contributed by atoms with E-state index in [1.165, 1.54) is 6.20 Å². The van der Waals surface area contributed by atoms with E-state index in [1.807, 2.05) is 4.90 Å². The molecule has 0 spiro atoms. The molecule has 1 aliphatic rings. The molecule has 7 heteroatoms. The minimum Gasteiger partial charge on any atom is -0.477 e. The minimum absolute atomic E-state index is 0.0333. The summed E-state index contributed by atoms with van der Waals surface area (Å²) in [6.07, 6.45) is 1.44. The van der Waals surface area contributed by atoms with Gasteiger partial charge in [-0.15, -0.1) is 0 Å². The van der Waals surface area contributed by atoms with E-state index >= 15 is 0 Å². The summed E-state index contributed by atoms with van der Waals surface area (Å²) in [4.78, 5) is 16.8. The van der Waals surface area contributed by atoms with Crippen LogP contribution in [-0.4, -0.2) is 54.0 Å². The number of sulfone groups is 1. The van der Waals surface area contributed by atoms with E-state index in [-0.39, 0.29) is 17.2 Å². The number of carbonyl (C=O) groups is 1. The lowest BCUT2D eigenvalue weighted by molar-refractivity contribution is 0.0687. The summed E-state index contributed by atoms with van der Waals surface area (Å²) >= 11 is 0. The molecule has 1 aromatic rings. The third-order valence-corrected chi connectivity index (χ3v) is 4.53. The summed E-state index contributed by atoms with van der Waals surface area (Å²) in [5.74, 6) is -0.791. The van der Waals surface area contributed by atoms with E-state index in [9.17, 15) is 13.2 Å². The Kier molecular flexibility index (Phi) is 3.63. The van der Waals surface area contributed by atoms with Crippen LogP contribution in [0.4, 0.5) is 0 Å². The summed E-state index contributed by atoms with van der Waals surface area (Å²) in [6, 6.07) is 3.39. The van der Waals surface area contributed by atoms with Crippen molar-refractivity contribution in [1.29, 1.82) is 0 Å². The molecule has 2 heterocycles. The van der Waals surface area contributed by atoms with Gasteiger partial charge in [0.2, 0.25) is 0 Å². The number of hydrogen-bond acceptors (Lipinski definition) is 5. The molecule has 0 unspecified atom stereocenters. The molecule has 1 fully saturated rings. The number of carboxylic acid groups (broad SMARTS) is 1. The highest BCUT2D eigenvalue weighted by Crippen LogP contribution is 2.12. The Labute approximate surface area is 105 Å².